The molecule has 0 saturated carbocycles. The number of esters is 1. The zero-order chi connectivity index (χ0) is 13.0. The number of hydrogen-bond acceptors (Lipinski definition) is 4. The quantitative estimate of drug-likeness (QED) is 0.598. The Balaban J connectivity index is 2.21. The first-order valence-corrected chi connectivity index (χ1v) is 6.21. The second kappa shape index (κ2) is 6.02. The van der Waals surface area contributed by atoms with Crippen molar-refractivity contribution < 1.29 is 18.8 Å². The fourth-order valence-electron chi connectivity index (χ4n) is 1.83. The topological polar surface area (TPSA) is 44.8 Å². The molecule has 1 aromatic rings. The van der Waals surface area contributed by atoms with E-state index in [-0.39, 0.29) is 12.1 Å². The van der Waals surface area contributed by atoms with Gasteiger partial charge in [-0.2, -0.15) is 0 Å². The number of rotatable bonds is 3. The maximum atomic E-state index is 12.0. The van der Waals surface area contributed by atoms with Crippen LogP contribution in [0.5, 0.6) is 0 Å². The summed E-state index contributed by atoms with van der Waals surface area (Å²) in [6.45, 7) is 4.96. The van der Waals surface area contributed by atoms with Crippen LogP contribution in [0, 0.1) is 0 Å². The van der Waals surface area contributed by atoms with E-state index in [1.807, 2.05) is 32.0 Å². The largest absolute Gasteiger partial charge is 0.494 e. The summed E-state index contributed by atoms with van der Waals surface area (Å²) in [7, 11) is -0.463. The Morgan fingerprint density at radius 1 is 1.28 bits per heavy atom. The van der Waals surface area contributed by atoms with Gasteiger partial charge in [0.1, 0.15) is 0 Å². The van der Waals surface area contributed by atoms with E-state index in [0.717, 1.165) is 11.9 Å². The summed E-state index contributed by atoms with van der Waals surface area (Å²) in [5.41, 5.74) is 1.25. The molecule has 0 N–H and O–H groups in total. The van der Waals surface area contributed by atoms with E-state index < -0.39 is 7.12 Å². The van der Waals surface area contributed by atoms with Gasteiger partial charge in [-0.05, 0) is 31.8 Å². The van der Waals surface area contributed by atoms with Gasteiger partial charge in [-0.25, -0.2) is 4.79 Å². The maximum Gasteiger partial charge on any atom is 0.494 e. The first kappa shape index (κ1) is 13.1. The van der Waals surface area contributed by atoms with Crippen molar-refractivity contribution in [3.8, 4) is 0 Å². The van der Waals surface area contributed by atoms with Crippen molar-refractivity contribution >= 4 is 18.6 Å². The van der Waals surface area contributed by atoms with E-state index in [1.54, 1.807) is 6.07 Å². The van der Waals surface area contributed by atoms with Gasteiger partial charge >= 0.3 is 13.1 Å². The molecule has 96 valence electrons. The molecular weight excluding hydrogens is 231 g/mol. The van der Waals surface area contributed by atoms with Crippen molar-refractivity contribution in [3.63, 3.8) is 0 Å². The van der Waals surface area contributed by atoms with E-state index in [2.05, 4.69) is 0 Å². The van der Waals surface area contributed by atoms with E-state index in [0.29, 0.717) is 18.8 Å². The summed E-state index contributed by atoms with van der Waals surface area (Å²) >= 11 is 0. The summed E-state index contributed by atoms with van der Waals surface area (Å²) in [4.78, 5) is 12.0. The first-order valence-electron chi connectivity index (χ1n) is 6.21. The minimum Gasteiger partial charge on any atom is -0.459 e. The van der Waals surface area contributed by atoms with Gasteiger partial charge in [0.15, 0.2) is 0 Å². The predicted octanol–water partition coefficient (Wildman–Crippen LogP) is 1.38. The van der Waals surface area contributed by atoms with Crippen LogP contribution >= 0.6 is 0 Å². The zero-order valence-corrected chi connectivity index (χ0v) is 10.7. The van der Waals surface area contributed by atoms with Crippen LogP contribution < -0.4 is 5.46 Å². The molecule has 0 aliphatic carbocycles. The molecule has 4 nitrogen and oxygen atoms in total. The van der Waals surface area contributed by atoms with Gasteiger partial charge in [0.2, 0.25) is 0 Å². The van der Waals surface area contributed by atoms with Crippen molar-refractivity contribution in [1.29, 1.82) is 0 Å². The molecule has 1 aliphatic rings. The number of carbonyl (C=O) groups is 1. The lowest BCUT2D eigenvalue weighted by Gasteiger charge is -2.21. The van der Waals surface area contributed by atoms with Crippen molar-refractivity contribution in [2.75, 3.05) is 13.2 Å². The standard InChI is InChI=1S/C13H17BO4/c1-10(2)18-13(15)11-6-3-4-7-12(11)14-16-8-5-9-17-14/h3-4,6-7,10H,5,8-9H2,1-2H3. The van der Waals surface area contributed by atoms with Gasteiger partial charge < -0.3 is 14.0 Å². The van der Waals surface area contributed by atoms with Crippen LogP contribution in [0.25, 0.3) is 0 Å². The summed E-state index contributed by atoms with van der Waals surface area (Å²) in [5.74, 6) is -0.335. The molecule has 0 atom stereocenters. The summed E-state index contributed by atoms with van der Waals surface area (Å²) in [6, 6.07) is 7.25. The molecule has 1 fully saturated rings. The lowest BCUT2D eigenvalue weighted by molar-refractivity contribution is 0.0378. The first-order chi connectivity index (χ1) is 8.68. The Bertz CT molecular complexity index is 413. The molecule has 18 heavy (non-hydrogen) atoms. The lowest BCUT2D eigenvalue weighted by Crippen LogP contribution is -2.43. The highest BCUT2D eigenvalue weighted by Crippen LogP contribution is 2.08. The third-order valence-corrected chi connectivity index (χ3v) is 2.60. The average Bonchev–Trinajstić information content (AvgIpc) is 2.39. The normalized spacial score (nSPS) is 15.8. The molecule has 1 saturated heterocycles. The van der Waals surface area contributed by atoms with E-state index in [9.17, 15) is 4.79 Å². The van der Waals surface area contributed by atoms with Crippen molar-refractivity contribution in [3.05, 3.63) is 29.8 Å². The molecule has 0 amide bonds. The summed E-state index contributed by atoms with van der Waals surface area (Å²) in [6.07, 6.45) is 0.744. The smallest absolute Gasteiger partial charge is 0.459 e. The molecule has 1 aliphatic heterocycles. The predicted molar refractivity (Wildman–Crippen MR) is 68.9 cm³/mol. The molecule has 0 aromatic heterocycles. The Morgan fingerprint density at radius 2 is 1.94 bits per heavy atom. The van der Waals surface area contributed by atoms with Crippen LogP contribution in [-0.2, 0) is 14.0 Å². The molecule has 0 unspecified atom stereocenters. The van der Waals surface area contributed by atoms with Crippen molar-refractivity contribution in [1.82, 2.24) is 0 Å². The van der Waals surface area contributed by atoms with E-state index >= 15 is 0 Å². The third kappa shape index (κ3) is 3.12. The Hall–Kier alpha value is -1.33. The molecule has 0 bridgehead atoms. The van der Waals surface area contributed by atoms with Crippen LogP contribution in [0.1, 0.15) is 30.6 Å². The number of carbonyl (C=O) groups excluding carboxylic acids is 1. The molecule has 2 rings (SSSR count). The Morgan fingerprint density at radius 3 is 2.61 bits per heavy atom. The summed E-state index contributed by atoms with van der Waals surface area (Å²) in [5, 5.41) is 0. The van der Waals surface area contributed by atoms with Gasteiger partial charge in [0.05, 0.1) is 11.7 Å². The zero-order valence-electron chi connectivity index (χ0n) is 10.7. The van der Waals surface area contributed by atoms with Gasteiger partial charge in [-0.3, -0.25) is 0 Å². The molecule has 5 heteroatoms. The molecule has 0 radical (unpaired) electrons. The van der Waals surface area contributed by atoms with Crippen molar-refractivity contribution in [2.24, 2.45) is 0 Å². The minimum absolute atomic E-state index is 0.140. The van der Waals surface area contributed by atoms with Gasteiger partial charge in [-0.1, -0.05) is 18.2 Å². The molecule has 1 aromatic carbocycles. The fraction of sp³-hybridized carbons (Fsp3) is 0.462. The number of ether oxygens (including phenoxy) is 1. The van der Waals surface area contributed by atoms with Crippen LogP contribution in [0.2, 0.25) is 0 Å². The van der Waals surface area contributed by atoms with E-state index in [4.69, 9.17) is 14.0 Å². The van der Waals surface area contributed by atoms with Crippen LogP contribution in [-0.4, -0.2) is 32.4 Å². The highest BCUT2D eigenvalue weighted by molar-refractivity contribution is 6.63. The van der Waals surface area contributed by atoms with Gasteiger partial charge in [-0.15, -0.1) is 0 Å². The number of benzene rings is 1. The monoisotopic (exact) mass is 248 g/mol. The Labute approximate surface area is 107 Å². The molecular formula is C13H17BO4. The van der Waals surface area contributed by atoms with E-state index in [1.165, 1.54) is 0 Å². The minimum atomic E-state index is -0.463. The van der Waals surface area contributed by atoms with Crippen molar-refractivity contribution in [2.45, 2.75) is 26.4 Å². The summed E-state index contributed by atoms with van der Waals surface area (Å²) < 4.78 is 16.3. The Kier molecular flexibility index (Phi) is 4.39. The second-order valence-corrected chi connectivity index (χ2v) is 4.47. The molecule has 1 heterocycles. The van der Waals surface area contributed by atoms with Crippen LogP contribution in [0.15, 0.2) is 24.3 Å². The fourth-order valence-corrected chi connectivity index (χ4v) is 1.83. The van der Waals surface area contributed by atoms with Crippen LogP contribution in [0.3, 0.4) is 0 Å². The average molecular weight is 248 g/mol. The third-order valence-electron chi connectivity index (χ3n) is 2.60. The highest BCUT2D eigenvalue weighted by Gasteiger charge is 2.29. The van der Waals surface area contributed by atoms with Gasteiger partial charge in [0, 0.05) is 13.2 Å². The maximum absolute atomic E-state index is 12.0. The second-order valence-electron chi connectivity index (χ2n) is 4.47. The lowest BCUT2D eigenvalue weighted by atomic mass is 9.75. The molecule has 0 spiro atoms. The SMILES string of the molecule is CC(C)OC(=O)c1ccccc1B1OCCCO1. The van der Waals surface area contributed by atoms with Crippen LogP contribution in [0.4, 0.5) is 0 Å². The number of hydrogen-bond donors (Lipinski definition) is 0. The van der Waals surface area contributed by atoms with Gasteiger partial charge in [0.25, 0.3) is 0 Å². The highest BCUT2D eigenvalue weighted by atomic mass is 16.6.